The van der Waals surface area contributed by atoms with Crippen molar-refractivity contribution >= 4 is 38.9 Å². The van der Waals surface area contributed by atoms with E-state index in [-0.39, 0.29) is 26.9 Å². The van der Waals surface area contributed by atoms with Gasteiger partial charge in [0, 0.05) is 17.3 Å². The van der Waals surface area contributed by atoms with Gasteiger partial charge in [-0.2, -0.15) is 0 Å². The number of hydrogen-bond donors (Lipinski definition) is 2. The molecule has 0 aliphatic carbocycles. The first-order valence-electron chi connectivity index (χ1n) is 11.0. The maximum atomic E-state index is 13.1. The Kier molecular flexibility index (Phi) is 7.86. The highest BCUT2D eigenvalue weighted by atomic mass is 35.5. The lowest BCUT2D eigenvalue weighted by Crippen LogP contribution is -2.16. The number of benzene rings is 4. The van der Waals surface area contributed by atoms with Crippen molar-refractivity contribution in [3.63, 3.8) is 0 Å². The van der Waals surface area contributed by atoms with Crippen molar-refractivity contribution < 1.29 is 27.4 Å². The van der Waals surface area contributed by atoms with Crippen LogP contribution in [-0.2, 0) is 10.0 Å². The van der Waals surface area contributed by atoms with E-state index in [9.17, 15) is 13.2 Å². The zero-order chi connectivity index (χ0) is 26.4. The normalized spacial score (nSPS) is 10.9. The third-order valence-corrected chi connectivity index (χ3v) is 6.87. The molecular weight excluding hydrogens is 516 g/mol. The molecule has 0 heterocycles. The fourth-order valence-electron chi connectivity index (χ4n) is 3.38. The van der Waals surface area contributed by atoms with E-state index >= 15 is 0 Å². The summed E-state index contributed by atoms with van der Waals surface area (Å²) in [6, 6.07) is 24.7. The molecule has 0 aromatic heterocycles. The van der Waals surface area contributed by atoms with Gasteiger partial charge in [-0.3, -0.25) is 9.52 Å². The Bertz CT molecular complexity index is 1510. The summed E-state index contributed by atoms with van der Waals surface area (Å²) in [6.07, 6.45) is 0. The SMILES string of the molecule is COc1cc(OC)c(NS(=O)(=O)c2cccc(C(=O)Nc3ccc(Oc4ccccc4)cc3)c2)cc1Cl. The molecular formula is C27H23ClN2O6S. The fraction of sp³-hybridized carbons (Fsp3) is 0.0741. The van der Waals surface area contributed by atoms with Crippen LogP contribution in [0.4, 0.5) is 11.4 Å². The highest BCUT2D eigenvalue weighted by Crippen LogP contribution is 2.37. The van der Waals surface area contributed by atoms with Gasteiger partial charge in [-0.05, 0) is 60.7 Å². The first-order valence-corrected chi connectivity index (χ1v) is 12.8. The molecule has 0 saturated carbocycles. The molecule has 0 bridgehead atoms. The molecule has 1 amide bonds. The molecule has 8 nitrogen and oxygen atoms in total. The first kappa shape index (κ1) is 25.9. The van der Waals surface area contributed by atoms with Crippen LogP contribution >= 0.6 is 11.6 Å². The van der Waals surface area contributed by atoms with E-state index in [4.69, 9.17) is 25.8 Å². The van der Waals surface area contributed by atoms with Crippen LogP contribution < -0.4 is 24.2 Å². The quantitative estimate of drug-likeness (QED) is 0.263. The fourth-order valence-corrected chi connectivity index (χ4v) is 4.73. The highest BCUT2D eigenvalue weighted by Gasteiger charge is 2.20. The molecule has 4 aromatic rings. The van der Waals surface area contributed by atoms with Crippen LogP contribution in [0.2, 0.25) is 5.02 Å². The van der Waals surface area contributed by atoms with Crippen LogP contribution in [0.5, 0.6) is 23.0 Å². The molecule has 0 aliphatic rings. The van der Waals surface area contributed by atoms with Crippen LogP contribution in [-0.4, -0.2) is 28.5 Å². The van der Waals surface area contributed by atoms with Gasteiger partial charge in [-0.25, -0.2) is 8.42 Å². The Hall–Kier alpha value is -4.21. The Balaban J connectivity index is 1.48. The van der Waals surface area contributed by atoms with E-state index in [1.807, 2.05) is 30.3 Å². The van der Waals surface area contributed by atoms with E-state index in [2.05, 4.69) is 10.0 Å². The molecule has 0 aliphatic heterocycles. The summed E-state index contributed by atoms with van der Waals surface area (Å²) in [5, 5.41) is 2.96. The standard InChI is InChI=1S/C27H23ClN2O6S/c1-34-25-17-26(35-2)24(16-23(25)28)30-37(32,33)22-10-6-7-18(15-22)27(31)29-19-11-13-21(14-12-19)36-20-8-4-3-5-9-20/h3-17,30H,1-2H3,(H,29,31). The number of ether oxygens (including phenoxy) is 3. The van der Waals surface area contributed by atoms with Crippen LogP contribution in [0.1, 0.15) is 10.4 Å². The van der Waals surface area contributed by atoms with Crippen molar-refractivity contribution in [2.75, 3.05) is 24.3 Å². The minimum atomic E-state index is -4.07. The number of rotatable bonds is 9. The number of hydrogen-bond acceptors (Lipinski definition) is 6. The summed E-state index contributed by atoms with van der Waals surface area (Å²) in [7, 11) is -1.24. The highest BCUT2D eigenvalue weighted by molar-refractivity contribution is 7.92. The number of nitrogens with one attached hydrogen (secondary N) is 2. The molecule has 2 N–H and O–H groups in total. The Labute approximate surface area is 219 Å². The molecule has 10 heteroatoms. The predicted molar refractivity (Wildman–Crippen MR) is 143 cm³/mol. The monoisotopic (exact) mass is 538 g/mol. The van der Waals surface area contributed by atoms with Crippen molar-refractivity contribution in [3.05, 3.63) is 102 Å². The largest absolute Gasteiger partial charge is 0.495 e. The summed E-state index contributed by atoms with van der Waals surface area (Å²) in [6.45, 7) is 0. The van der Waals surface area contributed by atoms with Gasteiger partial charge in [0.05, 0.1) is 29.8 Å². The number of sulfonamides is 1. The maximum absolute atomic E-state index is 13.1. The van der Waals surface area contributed by atoms with Gasteiger partial charge >= 0.3 is 0 Å². The molecule has 4 aromatic carbocycles. The van der Waals surface area contributed by atoms with E-state index in [0.717, 1.165) is 0 Å². The van der Waals surface area contributed by atoms with Gasteiger partial charge in [-0.15, -0.1) is 0 Å². The molecule has 37 heavy (non-hydrogen) atoms. The number of amides is 1. The molecule has 0 unspecified atom stereocenters. The average Bonchev–Trinajstić information content (AvgIpc) is 2.90. The summed E-state index contributed by atoms with van der Waals surface area (Å²) >= 11 is 6.15. The molecule has 0 atom stereocenters. The number of para-hydroxylation sites is 1. The molecule has 190 valence electrons. The van der Waals surface area contributed by atoms with E-state index in [1.54, 1.807) is 24.3 Å². The number of methoxy groups -OCH3 is 2. The Morgan fingerprint density at radius 2 is 1.46 bits per heavy atom. The molecule has 0 radical (unpaired) electrons. The number of carbonyl (C=O) groups is 1. The van der Waals surface area contributed by atoms with Crippen molar-refractivity contribution in [3.8, 4) is 23.0 Å². The number of carbonyl (C=O) groups excluding carboxylic acids is 1. The van der Waals surface area contributed by atoms with E-state index in [0.29, 0.717) is 22.9 Å². The van der Waals surface area contributed by atoms with E-state index in [1.165, 1.54) is 50.6 Å². The Morgan fingerprint density at radius 3 is 2.14 bits per heavy atom. The third-order valence-electron chi connectivity index (χ3n) is 5.22. The number of halogens is 1. The summed E-state index contributed by atoms with van der Waals surface area (Å²) in [5.41, 5.74) is 0.808. The Morgan fingerprint density at radius 1 is 0.784 bits per heavy atom. The van der Waals surface area contributed by atoms with Crippen molar-refractivity contribution in [2.45, 2.75) is 4.90 Å². The van der Waals surface area contributed by atoms with Crippen molar-refractivity contribution in [2.24, 2.45) is 0 Å². The third kappa shape index (κ3) is 6.32. The zero-order valence-electron chi connectivity index (χ0n) is 19.9. The maximum Gasteiger partial charge on any atom is 0.262 e. The summed E-state index contributed by atoms with van der Waals surface area (Å²) in [4.78, 5) is 12.7. The number of anilines is 2. The topological polar surface area (TPSA) is 103 Å². The lowest BCUT2D eigenvalue weighted by Gasteiger charge is -2.14. The molecule has 0 spiro atoms. The summed E-state index contributed by atoms with van der Waals surface area (Å²) in [5.74, 6) is 1.38. The van der Waals surface area contributed by atoms with Gasteiger partial charge in [0.1, 0.15) is 23.0 Å². The minimum Gasteiger partial charge on any atom is -0.495 e. The van der Waals surface area contributed by atoms with Crippen LogP contribution in [0, 0.1) is 0 Å². The predicted octanol–water partition coefficient (Wildman–Crippen LogP) is 6.20. The molecule has 0 saturated heterocycles. The smallest absolute Gasteiger partial charge is 0.262 e. The van der Waals surface area contributed by atoms with Gasteiger partial charge < -0.3 is 19.5 Å². The van der Waals surface area contributed by atoms with Crippen LogP contribution in [0.15, 0.2) is 95.9 Å². The van der Waals surface area contributed by atoms with Crippen LogP contribution in [0.25, 0.3) is 0 Å². The lowest BCUT2D eigenvalue weighted by atomic mass is 10.2. The van der Waals surface area contributed by atoms with Gasteiger partial charge in [0.2, 0.25) is 0 Å². The lowest BCUT2D eigenvalue weighted by molar-refractivity contribution is 0.102. The molecule has 0 fully saturated rings. The van der Waals surface area contributed by atoms with E-state index < -0.39 is 15.9 Å². The van der Waals surface area contributed by atoms with Gasteiger partial charge in [0.25, 0.3) is 15.9 Å². The van der Waals surface area contributed by atoms with Crippen molar-refractivity contribution in [1.29, 1.82) is 0 Å². The van der Waals surface area contributed by atoms with Crippen molar-refractivity contribution in [1.82, 2.24) is 0 Å². The second kappa shape index (κ2) is 11.2. The zero-order valence-corrected chi connectivity index (χ0v) is 21.5. The van der Waals surface area contributed by atoms with Crippen LogP contribution in [0.3, 0.4) is 0 Å². The minimum absolute atomic E-state index is 0.110. The first-order chi connectivity index (χ1) is 17.8. The average molecular weight is 539 g/mol. The molecule has 4 rings (SSSR count). The second-order valence-corrected chi connectivity index (χ2v) is 9.80. The second-order valence-electron chi connectivity index (χ2n) is 7.71. The summed E-state index contributed by atoms with van der Waals surface area (Å²) < 4.78 is 44.7. The van der Waals surface area contributed by atoms with Gasteiger partial charge in [-0.1, -0.05) is 35.9 Å². The van der Waals surface area contributed by atoms with Gasteiger partial charge in [0.15, 0.2) is 0 Å².